The quantitative estimate of drug-likeness (QED) is 0.889. The number of benzene rings is 1. The maximum Gasteiger partial charge on any atom is 0.390 e. The summed E-state index contributed by atoms with van der Waals surface area (Å²) in [6, 6.07) is 6.26. The molecule has 0 bridgehead atoms. The molecule has 8 heteroatoms. The molecule has 1 fully saturated rings. The number of rotatable bonds is 4. The van der Waals surface area contributed by atoms with E-state index >= 15 is 0 Å². The first-order chi connectivity index (χ1) is 9.49. The molecule has 0 unspecified atom stereocenters. The van der Waals surface area contributed by atoms with Gasteiger partial charge in [-0.05, 0) is 17.7 Å². The molecule has 0 saturated carbocycles. The maximum absolute atomic E-state index is 12.9. The number of hydrogen-bond donors (Lipinski definition) is 1. The second kappa shape index (κ2) is 9.45. The second-order valence-electron chi connectivity index (χ2n) is 4.90. The first kappa shape index (κ1) is 21.3. The molecule has 1 aromatic rings. The highest BCUT2D eigenvalue weighted by Crippen LogP contribution is 2.35. The number of hydrogen-bond acceptors (Lipinski definition) is 3. The van der Waals surface area contributed by atoms with Crippen LogP contribution in [0, 0.1) is 0 Å². The summed E-state index contributed by atoms with van der Waals surface area (Å²) in [5.41, 5.74) is 0.656. The Hall–Kier alpha value is -0.690. The van der Waals surface area contributed by atoms with Crippen LogP contribution in [-0.4, -0.2) is 44.4 Å². The van der Waals surface area contributed by atoms with Crippen LogP contribution in [0.5, 0.6) is 5.75 Å². The Balaban J connectivity index is 0.00000220. The smallest absolute Gasteiger partial charge is 0.390 e. The monoisotopic (exact) mass is 360 g/mol. The number of methoxy groups -OCH3 is 1. The molecule has 128 valence electrons. The highest BCUT2D eigenvalue weighted by atomic mass is 35.5. The van der Waals surface area contributed by atoms with Gasteiger partial charge >= 0.3 is 6.18 Å². The van der Waals surface area contributed by atoms with E-state index in [2.05, 4.69) is 5.32 Å². The minimum atomic E-state index is -4.18. The molecule has 0 radical (unpaired) electrons. The maximum atomic E-state index is 12.9. The minimum Gasteiger partial charge on any atom is -0.497 e. The summed E-state index contributed by atoms with van der Waals surface area (Å²) in [5.74, 6) is 0.588. The molecule has 1 aliphatic rings. The summed E-state index contributed by atoms with van der Waals surface area (Å²) in [6.45, 7) is 2.69. The lowest BCUT2D eigenvalue weighted by Crippen LogP contribution is -2.46. The molecule has 1 aromatic carbocycles. The van der Waals surface area contributed by atoms with Gasteiger partial charge in [0.15, 0.2) is 0 Å². The molecule has 2 rings (SSSR count). The Kier molecular flexibility index (Phi) is 9.15. The fourth-order valence-corrected chi connectivity index (χ4v) is 2.52. The number of ether oxygens (including phenoxy) is 1. The Morgan fingerprint density at radius 3 is 2.41 bits per heavy atom. The van der Waals surface area contributed by atoms with Crippen LogP contribution in [0.1, 0.15) is 18.0 Å². The van der Waals surface area contributed by atoms with Crippen molar-refractivity contribution < 1.29 is 17.9 Å². The van der Waals surface area contributed by atoms with E-state index in [-0.39, 0.29) is 24.8 Å². The van der Waals surface area contributed by atoms with Gasteiger partial charge in [-0.3, -0.25) is 4.90 Å². The lowest BCUT2D eigenvalue weighted by molar-refractivity contribution is -0.148. The second-order valence-corrected chi connectivity index (χ2v) is 4.90. The van der Waals surface area contributed by atoms with E-state index in [1.165, 1.54) is 7.11 Å². The van der Waals surface area contributed by atoms with E-state index in [1.54, 1.807) is 24.3 Å². The number of alkyl halides is 3. The summed E-state index contributed by atoms with van der Waals surface area (Å²) in [4.78, 5) is 1.89. The SMILES string of the molecule is COc1cccc([C@@H](CC(F)(F)F)N2CCNCC2)c1.Cl.Cl. The number of nitrogens with one attached hydrogen (secondary N) is 1. The van der Waals surface area contributed by atoms with Crippen LogP contribution in [0.3, 0.4) is 0 Å². The Bertz CT molecular complexity index is 440. The summed E-state index contributed by atoms with van der Waals surface area (Å²) in [7, 11) is 1.52. The van der Waals surface area contributed by atoms with Crippen molar-refractivity contribution in [1.29, 1.82) is 0 Å². The third-order valence-corrected chi connectivity index (χ3v) is 3.50. The molecule has 0 aliphatic carbocycles. The van der Waals surface area contributed by atoms with Crippen molar-refractivity contribution in [1.82, 2.24) is 10.2 Å². The number of halogens is 5. The molecule has 1 aliphatic heterocycles. The van der Waals surface area contributed by atoms with Crippen molar-refractivity contribution in [3.63, 3.8) is 0 Å². The minimum absolute atomic E-state index is 0. The van der Waals surface area contributed by atoms with Gasteiger partial charge in [-0.1, -0.05) is 12.1 Å². The first-order valence-corrected chi connectivity index (χ1v) is 6.65. The fraction of sp³-hybridized carbons (Fsp3) is 0.571. The van der Waals surface area contributed by atoms with Gasteiger partial charge in [0.05, 0.1) is 13.5 Å². The van der Waals surface area contributed by atoms with Crippen molar-refractivity contribution >= 4 is 24.8 Å². The Morgan fingerprint density at radius 2 is 1.86 bits per heavy atom. The van der Waals surface area contributed by atoms with Crippen LogP contribution < -0.4 is 10.1 Å². The normalized spacial score (nSPS) is 17.1. The zero-order valence-corrected chi connectivity index (χ0v) is 13.9. The van der Waals surface area contributed by atoms with Crippen LogP contribution in [0.15, 0.2) is 24.3 Å². The number of nitrogens with zero attached hydrogens (tertiary/aromatic N) is 1. The molecule has 1 saturated heterocycles. The van der Waals surface area contributed by atoms with Gasteiger partial charge < -0.3 is 10.1 Å². The van der Waals surface area contributed by atoms with Crippen molar-refractivity contribution in [2.75, 3.05) is 33.3 Å². The number of piperazine rings is 1. The van der Waals surface area contributed by atoms with E-state index in [1.807, 2.05) is 4.90 Å². The molecule has 1 N–H and O–H groups in total. The van der Waals surface area contributed by atoms with Crippen LogP contribution >= 0.6 is 24.8 Å². The lowest BCUT2D eigenvalue weighted by atomic mass is 10.0. The predicted octanol–water partition coefficient (Wildman–Crippen LogP) is 3.44. The standard InChI is InChI=1S/C14H19F3N2O.2ClH/c1-20-12-4-2-3-11(9-12)13(10-14(15,16)17)19-7-5-18-6-8-19;;/h2-4,9,13,18H,5-8,10H2,1H3;2*1H/t13-;;/m1../s1. The fourth-order valence-electron chi connectivity index (χ4n) is 2.52. The van der Waals surface area contributed by atoms with Gasteiger partial charge in [-0.2, -0.15) is 13.2 Å². The van der Waals surface area contributed by atoms with Gasteiger partial charge in [0.1, 0.15) is 5.75 Å². The van der Waals surface area contributed by atoms with Crippen molar-refractivity contribution in [2.24, 2.45) is 0 Å². The first-order valence-electron chi connectivity index (χ1n) is 6.65. The van der Waals surface area contributed by atoms with Crippen molar-refractivity contribution in [2.45, 2.75) is 18.6 Å². The third kappa shape index (κ3) is 6.20. The summed E-state index contributed by atoms with van der Waals surface area (Å²) >= 11 is 0. The third-order valence-electron chi connectivity index (χ3n) is 3.50. The molecule has 3 nitrogen and oxygen atoms in total. The predicted molar refractivity (Wildman–Crippen MR) is 85.3 cm³/mol. The summed E-state index contributed by atoms with van der Waals surface area (Å²) in [6.07, 6.45) is -5.02. The van der Waals surface area contributed by atoms with Gasteiger partial charge in [-0.15, -0.1) is 24.8 Å². The lowest BCUT2D eigenvalue weighted by Gasteiger charge is -2.35. The van der Waals surface area contributed by atoms with Crippen LogP contribution in [0.2, 0.25) is 0 Å². The Labute approximate surface area is 141 Å². The van der Waals surface area contributed by atoms with E-state index < -0.39 is 18.6 Å². The topological polar surface area (TPSA) is 24.5 Å². The van der Waals surface area contributed by atoms with Gasteiger partial charge in [0.2, 0.25) is 0 Å². The van der Waals surface area contributed by atoms with Gasteiger partial charge in [0, 0.05) is 32.2 Å². The van der Waals surface area contributed by atoms with Gasteiger partial charge in [-0.25, -0.2) is 0 Å². The van der Waals surface area contributed by atoms with E-state index in [4.69, 9.17) is 4.74 Å². The Morgan fingerprint density at radius 1 is 1.23 bits per heavy atom. The van der Waals surface area contributed by atoms with E-state index in [9.17, 15) is 13.2 Å². The highest BCUT2D eigenvalue weighted by molar-refractivity contribution is 5.85. The van der Waals surface area contributed by atoms with Crippen LogP contribution in [0.25, 0.3) is 0 Å². The van der Waals surface area contributed by atoms with E-state index in [0.717, 1.165) is 13.1 Å². The molecule has 0 amide bonds. The zero-order valence-electron chi connectivity index (χ0n) is 12.2. The summed E-state index contributed by atoms with van der Waals surface area (Å²) < 4.78 is 43.7. The zero-order chi connectivity index (χ0) is 14.6. The largest absolute Gasteiger partial charge is 0.497 e. The molecule has 0 spiro atoms. The van der Waals surface area contributed by atoms with Crippen LogP contribution in [-0.2, 0) is 0 Å². The van der Waals surface area contributed by atoms with Crippen molar-refractivity contribution in [3.05, 3.63) is 29.8 Å². The molecule has 1 heterocycles. The average molecular weight is 361 g/mol. The van der Waals surface area contributed by atoms with E-state index in [0.29, 0.717) is 24.4 Å². The molecule has 1 atom stereocenters. The highest BCUT2D eigenvalue weighted by Gasteiger charge is 2.36. The molecular formula is C14H21Cl2F3N2O. The molecular weight excluding hydrogens is 340 g/mol. The average Bonchev–Trinajstić information content (AvgIpc) is 2.45. The molecule has 22 heavy (non-hydrogen) atoms. The van der Waals surface area contributed by atoms with Crippen LogP contribution in [0.4, 0.5) is 13.2 Å². The molecule has 0 aromatic heterocycles. The summed E-state index contributed by atoms with van der Waals surface area (Å²) in [5, 5.41) is 3.16. The van der Waals surface area contributed by atoms with Gasteiger partial charge in [0.25, 0.3) is 0 Å². The van der Waals surface area contributed by atoms with Crippen molar-refractivity contribution in [3.8, 4) is 5.75 Å².